The van der Waals surface area contributed by atoms with E-state index < -0.39 is 6.04 Å². The van der Waals surface area contributed by atoms with Crippen molar-refractivity contribution < 1.29 is 14.3 Å². The van der Waals surface area contributed by atoms with Gasteiger partial charge >= 0.3 is 5.97 Å². The van der Waals surface area contributed by atoms with Crippen LogP contribution in [0.2, 0.25) is 0 Å². The molecule has 5 nitrogen and oxygen atoms in total. The number of rotatable bonds is 6. The van der Waals surface area contributed by atoms with E-state index in [1.807, 2.05) is 0 Å². The number of amides is 1. The van der Waals surface area contributed by atoms with Gasteiger partial charge in [0.2, 0.25) is 0 Å². The Morgan fingerprint density at radius 3 is 2.50 bits per heavy atom. The minimum atomic E-state index is -0.416. The summed E-state index contributed by atoms with van der Waals surface area (Å²) in [6, 6.07) is 7.01. The van der Waals surface area contributed by atoms with Crippen LogP contribution in [-0.2, 0) is 9.53 Å². The Labute approximate surface area is 118 Å². The van der Waals surface area contributed by atoms with Crippen LogP contribution in [0.1, 0.15) is 37.0 Å². The zero-order valence-corrected chi connectivity index (χ0v) is 11.8. The zero-order valence-electron chi connectivity index (χ0n) is 11.8. The lowest BCUT2D eigenvalue weighted by Gasteiger charge is -2.14. The topological polar surface area (TPSA) is 67.4 Å². The molecule has 1 amide bonds. The lowest BCUT2D eigenvalue weighted by Crippen LogP contribution is -2.28. The number of esters is 1. The normalized spacial score (nSPS) is 15.3. The summed E-state index contributed by atoms with van der Waals surface area (Å²) in [5.41, 5.74) is 1.42. The monoisotopic (exact) mass is 276 g/mol. The van der Waals surface area contributed by atoms with E-state index in [9.17, 15) is 9.59 Å². The van der Waals surface area contributed by atoms with Crippen LogP contribution in [0.3, 0.4) is 0 Å². The molecule has 1 saturated carbocycles. The first kappa shape index (κ1) is 14.4. The Hall–Kier alpha value is -2.04. The van der Waals surface area contributed by atoms with E-state index in [0.717, 1.165) is 18.5 Å². The molecule has 1 atom stereocenters. The van der Waals surface area contributed by atoms with Gasteiger partial charge in [-0.1, -0.05) is 0 Å². The van der Waals surface area contributed by atoms with Crippen LogP contribution in [-0.4, -0.2) is 30.6 Å². The second kappa shape index (κ2) is 6.41. The lowest BCUT2D eigenvalue weighted by molar-refractivity contribution is -0.143. The highest BCUT2D eigenvalue weighted by Gasteiger charge is 2.23. The van der Waals surface area contributed by atoms with Gasteiger partial charge in [0.25, 0.3) is 5.91 Å². The molecule has 0 aromatic heterocycles. The number of hydrogen-bond donors (Lipinski definition) is 2. The Kier molecular flexibility index (Phi) is 4.61. The number of benzene rings is 1. The quantitative estimate of drug-likeness (QED) is 0.779. The number of hydrogen-bond acceptors (Lipinski definition) is 4. The Balaban J connectivity index is 1.90. The van der Waals surface area contributed by atoms with Crippen molar-refractivity contribution in [3.8, 4) is 0 Å². The highest BCUT2D eigenvalue weighted by Crippen LogP contribution is 2.19. The van der Waals surface area contributed by atoms with Crippen LogP contribution >= 0.6 is 0 Å². The molecule has 1 aromatic rings. The largest absolute Gasteiger partial charge is 0.464 e. The zero-order chi connectivity index (χ0) is 14.5. The number of carbonyl (C=O) groups is 2. The van der Waals surface area contributed by atoms with Gasteiger partial charge < -0.3 is 15.4 Å². The molecule has 2 rings (SSSR count). The molecular weight excluding hydrogens is 256 g/mol. The SMILES string of the molecule is CCOC(=O)[C@H](C)Nc1ccc(C(=O)NC2CC2)cc1. The van der Waals surface area contributed by atoms with E-state index in [1.165, 1.54) is 0 Å². The summed E-state index contributed by atoms with van der Waals surface area (Å²) >= 11 is 0. The molecular formula is C15H20N2O3. The van der Waals surface area contributed by atoms with Gasteiger partial charge in [-0.05, 0) is 51.0 Å². The van der Waals surface area contributed by atoms with Crippen molar-refractivity contribution in [2.45, 2.75) is 38.8 Å². The summed E-state index contributed by atoms with van der Waals surface area (Å²) in [5, 5.41) is 5.97. The molecule has 0 unspecified atom stereocenters. The highest BCUT2D eigenvalue weighted by atomic mass is 16.5. The minimum Gasteiger partial charge on any atom is -0.464 e. The van der Waals surface area contributed by atoms with Crippen molar-refractivity contribution in [2.75, 3.05) is 11.9 Å². The average Bonchev–Trinajstić information content (AvgIpc) is 3.23. The molecule has 2 N–H and O–H groups in total. The summed E-state index contributed by atoms with van der Waals surface area (Å²) in [6.45, 7) is 3.88. The predicted molar refractivity (Wildman–Crippen MR) is 76.6 cm³/mol. The van der Waals surface area contributed by atoms with E-state index in [2.05, 4.69) is 10.6 Å². The number of nitrogens with one attached hydrogen (secondary N) is 2. The fourth-order valence-electron chi connectivity index (χ4n) is 1.79. The third-order valence-electron chi connectivity index (χ3n) is 3.08. The molecule has 1 fully saturated rings. The van der Waals surface area contributed by atoms with Gasteiger partial charge in [-0.3, -0.25) is 4.79 Å². The molecule has 20 heavy (non-hydrogen) atoms. The van der Waals surface area contributed by atoms with E-state index in [4.69, 9.17) is 4.74 Å². The molecule has 1 aliphatic carbocycles. The van der Waals surface area contributed by atoms with Gasteiger partial charge in [0.1, 0.15) is 6.04 Å². The standard InChI is InChI=1S/C15H20N2O3/c1-3-20-15(19)10(2)16-12-6-4-11(5-7-12)14(18)17-13-8-9-13/h4-7,10,13,16H,3,8-9H2,1-2H3,(H,17,18)/t10-/m0/s1. The summed E-state index contributed by atoms with van der Waals surface area (Å²) < 4.78 is 4.92. The van der Waals surface area contributed by atoms with Gasteiger partial charge in [-0.15, -0.1) is 0 Å². The molecule has 0 bridgehead atoms. The average molecular weight is 276 g/mol. The van der Waals surface area contributed by atoms with Crippen molar-refractivity contribution in [2.24, 2.45) is 0 Å². The van der Waals surface area contributed by atoms with Crippen LogP contribution < -0.4 is 10.6 Å². The highest BCUT2D eigenvalue weighted by molar-refractivity contribution is 5.95. The summed E-state index contributed by atoms with van der Waals surface area (Å²) in [6.07, 6.45) is 2.14. The number of anilines is 1. The summed E-state index contributed by atoms with van der Waals surface area (Å²) in [5.74, 6) is -0.333. The van der Waals surface area contributed by atoms with Crippen molar-refractivity contribution in [1.82, 2.24) is 5.32 Å². The predicted octanol–water partition coefficient (Wildman–Crippen LogP) is 1.94. The minimum absolute atomic E-state index is 0.0440. The molecule has 0 spiro atoms. The van der Waals surface area contributed by atoms with Crippen LogP contribution in [0.4, 0.5) is 5.69 Å². The van der Waals surface area contributed by atoms with Crippen molar-refractivity contribution in [1.29, 1.82) is 0 Å². The summed E-state index contributed by atoms with van der Waals surface area (Å²) in [7, 11) is 0. The molecule has 0 heterocycles. The molecule has 1 aliphatic rings. The second-order valence-electron chi connectivity index (χ2n) is 4.94. The maximum absolute atomic E-state index is 11.8. The van der Waals surface area contributed by atoms with E-state index >= 15 is 0 Å². The second-order valence-corrected chi connectivity index (χ2v) is 4.94. The fourth-order valence-corrected chi connectivity index (χ4v) is 1.79. The Morgan fingerprint density at radius 1 is 1.30 bits per heavy atom. The Bertz CT molecular complexity index is 480. The van der Waals surface area contributed by atoms with Gasteiger partial charge in [0.15, 0.2) is 0 Å². The van der Waals surface area contributed by atoms with Crippen LogP contribution in [0.5, 0.6) is 0 Å². The maximum atomic E-state index is 11.8. The fraction of sp³-hybridized carbons (Fsp3) is 0.467. The number of ether oxygens (including phenoxy) is 1. The van der Waals surface area contributed by atoms with Crippen molar-refractivity contribution >= 4 is 17.6 Å². The van der Waals surface area contributed by atoms with E-state index in [1.54, 1.807) is 38.1 Å². The first-order valence-corrected chi connectivity index (χ1v) is 6.94. The smallest absolute Gasteiger partial charge is 0.328 e. The molecule has 1 aromatic carbocycles. The van der Waals surface area contributed by atoms with Gasteiger partial charge in [-0.2, -0.15) is 0 Å². The third-order valence-corrected chi connectivity index (χ3v) is 3.08. The maximum Gasteiger partial charge on any atom is 0.328 e. The van der Waals surface area contributed by atoms with Crippen LogP contribution in [0, 0.1) is 0 Å². The molecule has 0 radical (unpaired) electrons. The molecule has 0 aliphatic heterocycles. The van der Waals surface area contributed by atoms with Crippen LogP contribution in [0.25, 0.3) is 0 Å². The van der Waals surface area contributed by atoms with Gasteiger partial charge in [0.05, 0.1) is 6.61 Å². The lowest BCUT2D eigenvalue weighted by atomic mass is 10.2. The van der Waals surface area contributed by atoms with Crippen molar-refractivity contribution in [3.63, 3.8) is 0 Å². The molecule has 108 valence electrons. The first-order valence-electron chi connectivity index (χ1n) is 6.94. The van der Waals surface area contributed by atoms with Crippen molar-refractivity contribution in [3.05, 3.63) is 29.8 Å². The third kappa shape index (κ3) is 3.98. The van der Waals surface area contributed by atoms with Gasteiger partial charge in [0, 0.05) is 17.3 Å². The molecule has 0 saturated heterocycles. The first-order chi connectivity index (χ1) is 9.60. The Morgan fingerprint density at radius 2 is 1.95 bits per heavy atom. The van der Waals surface area contributed by atoms with E-state index in [-0.39, 0.29) is 11.9 Å². The van der Waals surface area contributed by atoms with Crippen LogP contribution in [0.15, 0.2) is 24.3 Å². The van der Waals surface area contributed by atoms with E-state index in [0.29, 0.717) is 18.2 Å². The number of carbonyl (C=O) groups excluding carboxylic acids is 2. The summed E-state index contributed by atoms with van der Waals surface area (Å²) in [4.78, 5) is 23.3. The molecule has 5 heteroatoms. The van der Waals surface area contributed by atoms with Gasteiger partial charge in [-0.25, -0.2) is 4.79 Å².